The first kappa shape index (κ1) is 18.5. The van der Waals surface area contributed by atoms with Gasteiger partial charge in [0.2, 0.25) is 5.13 Å². The van der Waals surface area contributed by atoms with E-state index in [2.05, 4.69) is 15.5 Å². The van der Waals surface area contributed by atoms with Crippen molar-refractivity contribution in [3.8, 4) is 22.8 Å². The van der Waals surface area contributed by atoms with Gasteiger partial charge in [0.05, 0.1) is 31.2 Å². The van der Waals surface area contributed by atoms with E-state index in [1.54, 1.807) is 38.6 Å². The minimum Gasteiger partial charge on any atom is -0.493 e. The summed E-state index contributed by atoms with van der Waals surface area (Å²) >= 11 is 13.4. The highest BCUT2D eigenvalue weighted by molar-refractivity contribution is 7.14. The molecule has 3 rings (SSSR count). The summed E-state index contributed by atoms with van der Waals surface area (Å²) in [4.78, 5) is 4.52. The Morgan fingerprint density at radius 2 is 1.88 bits per heavy atom. The SMILES string of the molecule is COc1ccc(-c2csc(N/N=C\c3ccc(Cl)cc3Cl)n2)cc1OC. The smallest absolute Gasteiger partial charge is 0.203 e. The molecule has 0 spiro atoms. The van der Waals surface area contributed by atoms with E-state index >= 15 is 0 Å². The lowest BCUT2D eigenvalue weighted by molar-refractivity contribution is 0.355. The summed E-state index contributed by atoms with van der Waals surface area (Å²) in [5.41, 5.74) is 5.41. The molecule has 134 valence electrons. The molecule has 0 aliphatic carbocycles. The summed E-state index contributed by atoms with van der Waals surface area (Å²) in [5, 5.41) is 7.89. The molecule has 8 heteroatoms. The van der Waals surface area contributed by atoms with Crippen LogP contribution in [0, 0.1) is 0 Å². The second-order valence-electron chi connectivity index (χ2n) is 5.14. The molecule has 1 aromatic heterocycles. The molecule has 3 aromatic rings. The molecule has 0 aliphatic rings. The zero-order valence-electron chi connectivity index (χ0n) is 14.0. The van der Waals surface area contributed by atoms with Crippen LogP contribution >= 0.6 is 34.5 Å². The third-order valence-corrected chi connectivity index (χ3v) is 4.82. The first-order chi connectivity index (χ1) is 12.6. The van der Waals surface area contributed by atoms with Crippen molar-refractivity contribution in [1.29, 1.82) is 0 Å². The maximum absolute atomic E-state index is 6.11. The van der Waals surface area contributed by atoms with Crippen LogP contribution in [0.4, 0.5) is 5.13 Å². The third-order valence-electron chi connectivity index (χ3n) is 3.51. The van der Waals surface area contributed by atoms with E-state index in [4.69, 9.17) is 32.7 Å². The number of anilines is 1. The van der Waals surface area contributed by atoms with Crippen LogP contribution < -0.4 is 14.9 Å². The van der Waals surface area contributed by atoms with Gasteiger partial charge in [-0.25, -0.2) is 4.98 Å². The molecule has 0 fully saturated rings. The van der Waals surface area contributed by atoms with Crippen molar-refractivity contribution in [3.63, 3.8) is 0 Å². The first-order valence-corrected chi connectivity index (χ1v) is 9.16. The van der Waals surface area contributed by atoms with Crippen molar-refractivity contribution in [2.45, 2.75) is 0 Å². The maximum Gasteiger partial charge on any atom is 0.203 e. The van der Waals surface area contributed by atoms with Crippen molar-refractivity contribution in [2.75, 3.05) is 19.6 Å². The Bertz CT molecular complexity index is 944. The number of hydrogen-bond donors (Lipinski definition) is 1. The number of hydrogen-bond acceptors (Lipinski definition) is 6. The highest BCUT2D eigenvalue weighted by Gasteiger charge is 2.09. The second-order valence-corrected chi connectivity index (χ2v) is 6.85. The predicted molar refractivity (Wildman–Crippen MR) is 108 cm³/mol. The zero-order chi connectivity index (χ0) is 18.5. The summed E-state index contributed by atoms with van der Waals surface area (Å²) < 4.78 is 10.6. The fourth-order valence-electron chi connectivity index (χ4n) is 2.22. The van der Waals surface area contributed by atoms with Crippen molar-refractivity contribution < 1.29 is 9.47 Å². The molecule has 0 unspecified atom stereocenters. The minimum atomic E-state index is 0.535. The fraction of sp³-hybridized carbons (Fsp3) is 0.111. The molecule has 2 aromatic carbocycles. The van der Waals surface area contributed by atoms with Crippen LogP contribution in [0.3, 0.4) is 0 Å². The Hall–Kier alpha value is -2.28. The summed E-state index contributed by atoms with van der Waals surface area (Å²) in [6.45, 7) is 0. The highest BCUT2D eigenvalue weighted by Crippen LogP contribution is 2.33. The number of methoxy groups -OCH3 is 2. The van der Waals surface area contributed by atoms with Gasteiger partial charge in [-0.1, -0.05) is 29.3 Å². The van der Waals surface area contributed by atoms with Gasteiger partial charge in [-0.05, 0) is 30.3 Å². The molecule has 5 nitrogen and oxygen atoms in total. The molecule has 0 atom stereocenters. The van der Waals surface area contributed by atoms with Gasteiger partial charge >= 0.3 is 0 Å². The lowest BCUT2D eigenvalue weighted by atomic mass is 10.1. The molecule has 1 heterocycles. The van der Waals surface area contributed by atoms with Crippen molar-refractivity contribution in [2.24, 2.45) is 5.10 Å². The van der Waals surface area contributed by atoms with Gasteiger partial charge < -0.3 is 9.47 Å². The molecule has 0 saturated heterocycles. The molecule has 0 saturated carbocycles. The molecule has 0 amide bonds. The standard InChI is InChI=1S/C18H15Cl2N3O2S/c1-24-16-6-4-11(7-17(16)25-2)15-10-26-18(22-15)23-21-9-12-3-5-13(19)8-14(12)20/h3-10H,1-2H3,(H,22,23)/b21-9-. The lowest BCUT2D eigenvalue weighted by Crippen LogP contribution is -1.92. The van der Waals surface area contributed by atoms with E-state index in [1.165, 1.54) is 11.3 Å². The molecule has 0 radical (unpaired) electrons. The van der Waals surface area contributed by atoms with Crippen LogP contribution in [0.25, 0.3) is 11.3 Å². The number of nitrogens with zero attached hydrogens (tertiary/aromatic N) is 2. The topological polar surface area (TPSA) is 55.7 Å². The number of hydrazone groups is 1. The first-order valence-electron chi connectivity index (χ1n) is 7.52. The average molecular weight is 408 g/mol. The summed E-state index contributed by atoms with van der Waals surface area (Å²) in [7, 11) is 3.21. The summed E-state index contributed by atoms with van der Waals surface area (Å²) in [6, 6.07) is 10.9. The Labute approximate surface area is 165 Å². The Morgan fingerprint density at radius 3 is 2.62 bits per heavy atom. The van der Waals surface area contributed by atoms with Gasteiger partial charge in [-0.3, -0.25) is 5.43 Å². The van der Waals surface area contributed by atoms with Crippen LogP contribution in [0.15, 0.2) is 46.9 Å². The fourth-order valence-corrected chi connectivity index (χ4v) is 3.34. The van der Waals surface area contributed by atoms with Gasteiger partial charge in [0.25, 0.3) is 0 Å². The molecule has 1 N–H and O–H groups in total. The normalized spacial score (nSPS) is 10.9. The van der Waals surface area contributed by atoms with Gasteiger partial charge in [0, 0.05) is 21.5 Å². The van der Waals surface area contributed by atoms with Crippen LogP contribution in [-0.2, 0) is 0 Å². The second kappa shape index (κ2) is 8.40. The quantitative estimate of drug-likeness (QED) is 0.427. The summed E-state index contributed by atoms with van der Waals surface area (Å²) in [5.74, 6) is 1.33. The number of thiazole rings is 1. The van der Waals surface area contributed by atoms with Crippen LogP contribution in [0.1, 0.15) is 5.56 Å². The Kier molecular flexibility index (Phi) is 5.98. The Balaban J connectivity index is 1.73. The average Bonchev–Trinajstić information content (AvgIpc) is 3.12. The zero-order valence-corrected chi connectivity index (χ0v) is 16.3. The maximum atomic E-state index is 6.11. The van der Waals surface area contributed by atoms with Gasteiger partial charge in [0.1, 0.15) is 0 Å². The number of rotatable bonds is 6. The van der Waals surface area contributed by atoms with E-state index in [1.807, 2.05) is 23.6 Å². The molecule has 26 heavy (non-hydrogen) atoms. The van der Waals surface area contributed by atoms with E-state index in [-0.39, 0.29) is 0 Å². The lowest BCUT2D eigenvalue weighted by Gasteiger charge is -2.08. The van der Waals surface area contributed by atoms with Crippen LogP contribution in [0.5, 0.6) is 11.5 Å². The summed E-state index contributed by atoms with van der Waals surface area (Å²) in [6.07, 6.45) is 1.62. The number of aromatic nitrogens is 1. The van der Waals surface area contributed by atoms with E-state index < -0.39 is 0 Å². The minimum absolute atomic E-state index is 0.535. The monoisotopic (exact) mass is 407 g/mol. The van der Waals surface area contributed by atoms with Crippen molar-refractivity contribution in [1.82, 2.24) is 4.98 Å². The largest absolute Gasteiger partial charge is 0.493 e. The third kappa shape index (κ3) is 4.27. The molecule has 0 bridgehead atoms. The van der Waals surface area contributed by atoms with Gasteiger partial charge in [0.15, 0.2) is 11.5 Å². The Morgan fingerprint density at radius 1 is 1.08 bits per heavy atom. The van der Waals surface area contributed by atoms with E-state index in [9.17, 15) is 0 Å². The number of nitrogens with one attached hydrogen (secondary N) is 1. The van der Waals surface area contributed by atoms with Crippen molar-refractivity contribution >= 4 is 45.9 Å². The van der Waals surface area contributed by atoms with Crippen LogP contribution in [-0.4, -0.2) is 25.4 Å². The number of halogens is 2. The number of ether oxygens (including phenoxy) is 2. The van der Waals surface area contributed by atoms with Crippen LogP contribution in [0.2, 0.25) is 10.0 Å². The van der Waals surface area contributed by atoms with Crippen molar-refractivity contribution in [3.05, 3.63) is 57.4 Å². The van der Waals surface area contributed by atoms with E-state index in [0.717, 1.165) is 16.8 Å². The molecule has 0 aliphatic heterocycles. The molecular formula is C18H15Cl2N3O2S. The molecular weight excluding hydrogens is 393 g/mol. The van der Waals surface area contributed by atoms with Gasteiger partial charge in [-0.2, -0.15) is 5.10 Å². The van der Waals surface area contributed by atoms with E-state index in [0.29, 0.717) is 26.7 Å². The number of benzene rings is 2. The highest BCUT2D eigenvalue weighted by atomic mass is 35.5. The van der Waals surface area contributed by atoms with Gasteiger partial charge in [-0.15, -0.1) is 11.3 Å². The predicted octanol–water partition coefficient (Wildman–Crippen LogP) is 5.58.